The lowest BCUT2D eigenvalue weighted by Crippen LogP contribution is -2.48. The predicted octanol–water partition coefficient (Wildman–Crippen LogP) is 3.73. The summed E-state index contributed by atoms with van der Waals surface area (Å²) in [4.78, 5) is 39.2. The Bertz CT molecular complexity index is 1040. The molecule has 7 nitrogen and oxygen atoms in total. The molecular weight excluding hydrogens is 406 g/mol. The first kappa shape index (κ1) is 24.6. The third-order valence-electron chi connectivity index (χ3n) is 4.86. The molecule has 0 spiro atoms. The van der Waals surface area contributed by atoms with Gasteiger partial charge in [-0.05, 0) is 64.3 Å². The molecule has 1 heterocycles. The van der Waals surface area contributed by atoms with Gasteiger partial charge in [-0.15, -0.1) is 0 Å². The van der Waals surface area contributed by atoms with Gasteiger partial charge in [0.15, 0.2) is 0 Å². The largest absolute Gasteiger partial charge is 0.444 e. The van der Waals surface area contributed by atoms with Crippen molar-refractivity contribution in [3.63, 3.8) is 0 Å². The summed E-state index contributed by atoms with van der Waals surface area (Å²) < 4.78 is 5.37. The summed E-state index contributed by atoms with van der Waals surface area (Å²) in [7, 11) is 0. The number of carbonyl (C=O) groups is 3. The molecule has 0 aliphatic carbocycles. The minimum atomic E-state index is -0.695. The van der Waals surface area contributed by atoms with Crippen LogP contribution < -0.4 is 5.32 Å². The van der Waals surface area contributed by atoms with Gasteiger partial charge in [-0.25, -0.2) is 4.79 Å². The molecule has 0 aromatic heterocycles. The van der Waals surface area contributed by atoms with Crippen molar-refractivity contribution in [3.8, 4) is 6.07 Å². The molecule has 2 rings (SSSR count). The second-order valence-corrected chi connectivity index (χ2v) is 8.66. The van der Waals surface area contributed by atoms with E-state index in [0.29, 0.717) is 23.1 Å². The normalized spacial score (nSPS) is 15.2. The number of alkyl carbamates (subject to hydrolysis) is 1. The first-order valence-electron chi connectivity index (χ1n) is 10.3. The SMILES string of the molecule is C=C/C=C\C1=C(C)C(=O)N(C[C@@H](Cc2ccc(C#N)c(C)c2)NC(=O)OC(C)(C)C)C1=O. The molecular formula is C25H29N3O4. The summed E-state index contributed by atoms with van der Waals surface area (Å²) in [6.45, 7) is 12.3. The van der Waals surface area contributed by atoms with Crippen molar-refractivity contribution in [1.82, 2.24) is 10.2 Å². The highest BCUT2D eigenvalue weighted by Gasteiger charge is 2.36. The van der Waals surface area contributed by atoms with Crippen LogP contribution in [0.25, 0.3) is 0 Å². The number of rotatable bonds is 7. The molecule has 0 unspecified atom stereocenters. The average molecular weight is 436 g/mol. The lowest BCUT2D eigenvalue weighted by Gasteiger charge is -2.26. The van der Waals surface area contributed by atoms with Gasteiger partial charge in [0.25, 0.3) is 11.8 Å². The number of amides is 3. The number of nitrogens with zero attached hydrogens (tertiary/aromatic N) is 2. The number of hydrogen-bond acceptors (Lipinski definition) is 5. The summed E-state index contributed by atoms with van der Waals surface area (Å²) in [5.41, 5.74) is 2.19. The number of imide groups is 1. The second kappa shape index (κ2) is 10.1. The van der Waals surface area contributed by atoms with Crippen LogP contribution in [0.15, 0.2) is 54.2 Å². The lowest BCUT2D eigenvalue weighted by atomic mass is 10.0. The van der Waals surface area contributed by atoms with Gasteiger partial charge >= 0.3 is 6.09 Å². The maximum atomic E-state index is 12.9. The quantitative estimate of drug-likeness (QED) is 0.520. The van der Waals surface area contributed by atoms with E-state index in [-0.39, 0.29) is 6.54 Å². The molecule has 1 N–H and O–H groups in total. The van der Waals surface area contributed by atoms with Gasteiger partial charge in [0.1, 0.15) is 5.60 Å². The standard InChI is InChI=1S/C25H29N3O4/c1-7-8-9-21-17(3)22(29)28(23(21)30)15-20(27-24(31)32-25(4,5)6)13-18-10-11-19(14-26)16(2)12-18/h7-12,20H,1,13,15H2,2-6H3,(H,27,31)/b9-8-/t20-/m1/s1. The zero-order valence-electron chi connectivity index (χ0n) is 19.2. The smallest absolute Gasteiger partial charge is 0.407 e. The van der Waals surface area contributed by atoms with Gasteiger partial charge in [0.2, 0.25) is 0 Å². The molecule has 168 valence electrons. The fourth-order valence-electron chi connectivity index (χ4n) is 3.36. The molecule has 1 aliphatic rings. The third kappa shape index (κ3) is 6.17. The molecule has 1 aliphatic heterocycles. The van der Waals surface area contributed by atoms with Crippen molar-refractivity contribution in [2.45, 2.75) is 52.7 Å². The monoisotopic (exact) mass is 435 g/mol. The summed E-state index contributed by atoms with van der Waals surface area (Å²) in [5.74, 6) is -0.816. The molecule has 1 atom stereocenters. The molecule has 0 saturated heterocycles. The van der Waals surface area contributed by atoms with Gasteiger partial charge < -0.3 is 10.1 Å². The number of nitrogens with one attached hydrogen (secondary N) is 1. The zero-order chi connectivity index (χ0) is 24.1. The molecule has 1 aromatic rings. The fraction of sp³-hybridized carbons (Fsp3) is 0.360. The maximum absolute atomic E-state index is 12.9. The Morgan fingerprint density at radius 1 is 1.28 bits per heavy atom. The Balaban J connectivity index is 2.28. The molecule has 0 bridgehead atoms. The van der Waals surface area contributed by atoms with Crippen LogP contribution in [0.2, 0.25) is 0 Å². The molecule has 0 fully saturated rings. The molecule has 32 heavy (non-hydrogen) atoms. The van der Waals surface area contributed by atoms with Crippen molar-refractivity contribution >= 4 is 17.9 Å². The summed E-state index contributed by atoms with van der Waals surface area (Å²) in [6.07, 6.45) is 4.40. The first-order chi connectivity index (χ1) is 15.0. The Labute approximate surface area is 189 Å². The van der Waals surface area contributed by atoms with Gasteiger partial charge in [-0.3, -0.25) is 14.5 Å². The van der Waals surface area contributed by atoms with E-state index < -0.39 is 29.6 Å². The van der Waals surface area contributed by atoms with Crippen LogP contribution in [0, 0.1) is 18.3 Å². The topological polar surface area (TPSA) is 99.5 Å². The third-order valence-corrected chi connectivity index (χ3v) is 4.86. The van der Waals surface area contributed by atoms with Crippen molar-refractivity contribution in [3.05, 3.63) is 70.8 Å². The van der Waals surface area contributed by atoms with Crippen molar-refractivity contribution in [2.75, 3.05) is 6.54 Å². The van der Waals surface area contributed by atoms with Gasteiger partial charge in [0, 0.05) is 17.7 Å². The molecule has 0 saturated carbocycles. The number of aryl methyl sites for hydroxylation is 1. The molecule has 0 radical (unpaired) electrons. The Morgan fingerprint density at radius 2 is 1.97 bits per heavy atom. The van der Waals surface area contributed by atoms with Crippen molar-refractivity contribution in [1.29, 1.82) is 5.26 Å². The van der Waals surface area contributed by atoms with Crippen LogP contribution in [-0.2, 0) is 20.7 Å². The highest BCUT2D eigenvalue weighted by Crippen LogP contribution is 2.23. The number of nitriles is 1. The van der Waals surface area contributed by atoms with Gasteiger partial charge in [-0.2, -0.15) is 5.26 Å². The summed E-state index contributed by atoms with van der Waals surface area (Å²) >= 11 is 0. The van der Waals surface area contributed by atoms with Crippen LogP contribution in [0.4, 0.5) is 4.79 Å². The van der Waals surface area contributed by atoms with Crippen molar-refractivity contribution < 1.29 is 19.1 Å². The molecule has 1 aromatic carbocycles. The maximum Gasteiger partial charge on any atom is 0.407 e. The zero-order valence-corrected chi connectivity index (χ0v) is 19.2. The minimum Gasteiger partial charge on any atom is -0.444 e. The highest BCUT2D eigenvalue weighted by molar-refractivity contribution is 6.20. The van der Waals surface area contributed by atoms with Crippen LogP contribution in [0.1, 0.15) is 44.4 Å². The second-order valence-electron chi connectivity index (χ2n) is 8.66. The van der Waals surface area contributed by atoms with Crippen LogP contribution in [0.3, 0.4) is 0 Å². The number of carbonyl (C=O) groups excluding carboxylic acids is 3. The van der Waals surface area contributed by atoms with E-state index in [4.69, 9.17) is 10.00 Å². The number of benzene rings is 1. The Kier molecular flexibility index (Phi) is 7.77. The average Bonchev–Trinajstić information content (AvgIpc) is 2.88. The van der Waals surface area contributed by atoms with Gasteiger partial charge in [0.05, 0.1) is 17.7 Å². The van der Waals surface area contributed by atoms with E-state index in [1.54, 1.807) is 52.0 Å². The van der Waals surface area contributed by atoms with Crippen molar-refractivity contribution in [2.24, 2.45) is 0 Å². The Morgan fingerprint density at radius 3 is 2.53 bits per heavy atom. The van der Waals surface area contributed by atoms with E-state index in [1.165, 1.54) is 6.08 Å². The summed E-state index contributed by atoms with van der Waals surface area (Å²) in [5, 5.41) is 11.9. The van der Waals surface area contributed by atoms with E-state index in [0.717, 1.165) is 16.0 Å². The van der Waals surface area contributed by atoms with Gasteiger partial charge in [-0.1, -0.05) is 30.9 Å². The first-order valence-corrected chi connectivity index (χ1v) is 10.3. The van der Waals surface area contributed by atoms with E-state index in [9.17, 15) is 14.4 Å². The number of allylic oxidation sites excluding steroid dienone is 2. The minimum absolute atomic E-state index is 0.0152. The Hall–Kier alpha value is -3.66. The van der Waals surface area contributed by atoms with E-state index >= 15 is 0 Å². The van der Waals surface area contributed by atoms with Crippen LogP contribution >= 0.6 is 0 Å². The predicted molar refractivity (Wildman–Crippen MR) is 122 cm³/mol. The molecule has 3 amide bonds. The number of hydrogen-bond donors (Lipinski definition) is 1. The molecule has 7 heteroatoms. The van der Waals surface area contributed by atoms with E-state index in [2.05, 4.69) is 18.0 Å². The van der Waals surface area contributed by atoms with Crippen LogP contribution in [0.5, 0.6) is 0 Å². The lowest BCUT2D eigenvalue weighted by molar-refractivity contribution is -0.137. The number of ether oxygens (including phenoxy) is 1. The van der Waals surface area contributed by atoms with Crippen LogP contribution in [-0.4, -0.2) is 41.0 Å². The highest BCUT2D eigenvalue weighted by atomic mass is 16.6. The van der Waals surface area contributed by atoms with E-state index in [1.807, 2.05) is 13.0 Å². The fourth-order valence-corrected chi connectivity index (χ4v) is 3.36. The summed E-state index contributed by atoms with van der Waals surface area (Å²) in [6, 6.07) is 6.91.